The summed E-state index contributed by atoms with van der Waals surface area (Å²) in [6, 6.07) is 10.5. The Balaban J connectivity index is 1.69. The highest BCUT2D eigenvalue weighted by molar-refractivity contribution is 5.78. The number of amides is 1. The van der Waals surface area contributed by atoms with Gasteiger partial charge in [0, 0.05) is 18.3 Å². The highest BCUT2D eigenvalue weighted by Gasteiger charge is 2.10. The molecule has 25 heavy (non-hydrogen) atoms. The molecule has 8 heteroatoms. The van der Waals surface area contributed by atoms with Crippen molar-refractivity contribution < 1.29 is 9.53 Å². The van der Waals surface area contributed by atoms with E-state index in [4.69, 9.17) is 4.74 Å². The van der Waals surface area contributed by atoms with Gasteiger partial charge in [-0.2, -0.15) is 0 Å². The SMILES string of the molecule is CCOc1ncccc1CNC(=O)Cn1nnc2ccccc2c1=O. The first-order valence-electron chi connectivity index (χ1n) is 7.85. The number of nitrogens with zero attached hydrogens (tertiary/aromatic N) is 4. The molecule has 0 aliphatic rings. The number of hydrogen-bond acceptors (Lipinski definition) is 6. The van der Waals surface area contributed by atoms with Crippen LogP contribution in [-0.4, -0.2) is 32.5 Å². The van der Waals surface area contributed by atoms with Gasteiger partial charge in [-0.05, 0) is 25.1 Å². The molecule has 0 saturated heterocycles. The van der Waals surface area contributed by atoms with Gasteiger partial charge in [0.05, 0.1) is 12.0 Å². The zero-order valence-corrected chi connectivity index (χ0v) is 13.7. The highest BCUT2D eigenvalue weighted by Crippen LogP contribution is 2.13. The molecule has 0 radical (unpaired) electrons. The van der Waals surface area contributed by atoms with Gasteiger partial charge in [0.2, 0.25) is 11.8 Å². The van der Waals surface area contributed by atoms with E-state index in [0.29, 0.717) is 23.4 Å². The number of ether oxygens (including phenoxy) is 1. The summed E-state index contributed by atoms with van der Waals surface area (Å²) >= 11 is 0. The van der Waals surface area contributed by atoms with E-state index in [1.54, 1.807) is 36.5 Å². The second kappa shape index (κ2) is 7.52. The molecule has 0 fully saturated rings. The second-order valence-corrected chi connectivity index (χ2v) is 5.25. The summed E-state index contributed by atoms with van der Waals surface area (Å²) in [7, 11) is 0. The number of rotatable bonds is 6. The van der Waals surface area contributed by atoms with E-state index in [1.807, 2.05) is 13.0 Å². The van der Waals surface area contributed by atoms with Crippen molar-refractivity contribution in [3.8, 4) is 5.88 Å². The fourth-order valence-corrected chi connectivity index (χ4v) is 2.34. The number of carbonyl (C=O) groups excluding carboxylic acids is 1. The third kappa shape index (κ3) is 3.79. The van der Waals surface area contributed by atoms with Crippen LogP contribution in [0.5, 0.6) is 5.88 Å². The standard InChI is InChI=1S/C17H17N5O3/c1-2-25-16-12(6-5-9-18-16)10-19-15(23)11-22-17(24)13-7-3-4-8-14(13)20-21-22/h3-9H,2,10-11H2,1H3,(H,19,23). The van der Waals surface area contributed by atoms with Crippen LogP contribution in [0, 0.1) is 0 Å². The Hall–Kier alpha value is -3.29. The van der Waals surface area contributed by atoms with Crippen LogP contribution in [0.25, 0.3) is 10.9 Å². The van der Waals surface area contributed by atoms with Gasteiger partial charge in [0.15, 0.2) is 0 Å². The molecule has 0 aliphatic heterocycles. The number of aromatic nitrogens is 4. The van der Waals surface area contributed by atoms with E-state index in [1.165, 1.54) is 0 Å². The van der Waals surface area contributed by atoms with E-state index < -0.39 is 0 Å². The predicted molar refractivity (Wildman–Crippen MR) is 91.1 cm³/mol. The van der Waals surface area contributed by atoms with Crippen molar-refractivity contribution in [1.82, 2.24) is 25.3 Å². The largest absolute Gasteiger partial charge is 0.478 e. The molecule has 0 saturated carbocycles. The summed E-state index contributed by atoms with van der Waals surface area (Å²) in [4.78, 5) is 28.6. The Labute approximate surface area is 143 Å². The molecule has 2 aromatic heterocycles. The van der Waals surface area contributed by atoms with Gasteiger partial charge in [-0.15, -0.1) is 5.10 Å². The summed E-state index contributed by atoms with van der Waals surface area (Å²) in [5.74, 6) is 0.131. The molecule has 1 N–H and O–H groups in total. The van der Waals surface area contributed by atoms with Gasteiger partial charge in [-0.1, -0.05) is 23.4 Å². The van der Waals surface area contributed by atoms with Crippen LogP contribution in [0.2, 0.25) is 0 Å². The van der Waals surface area contributed by atoms with Crippen molar-refractivity contribution in [2.24, 2.45) is 0 Å². The molecule has 8 nitrogen and oxygen atoms in total. The topological polar surface area (TPSA) is 99.0 Å². The maximum absolute atomic E-state index is 12.3. The minimum absolute atomic E-state index is 0.207. The van der Waals surface area contributed by atoms with Gasteiger partial charge < -0.3 is 10.1 Å². The molecule has 0 aliphatic carbocycles. The van der Waals surface area contributed by atoms with Crippen molar-refractivity contribution in [3.05, 3.63) is 58.5 Å². The quantitative estimate of drug-likeness (QED) is 0.716. The Bertz CT molecular complexity index is 954. The lowest BCUT2D eigenvalue weighted by Gasteiger charge is -2.10. The molecule has 0 unspecified atom stereocenters. The van der Waals surface area contributed by atoms with Crippen LogP contribution in [0.4, 0.5) is 0 Å². The number of hydrogen-bond donors (Lipinski definition) is 1. The summed E-state index contributed by atoms with van der Waals surface area (Å²) in [5, 5.41) is 10.9. The van der Waals surface area contributed by atoms with Gasteiger partial charge in [-0.3, -0.25) is 9.59 Å². The Morgan fingerprint density at radius 2 is 2.08 bits per heavy atom. The number of nitrogens with one attached hydrogen (secondary N) is 1. The minimum atomic E-state index is -0.350. The molecule has 0 atom stereocenters. The molecule has 0 bridgehead atoms. The molecule has 128 valence electrons. The van der Waals surface area contributed by atoms with Crippen molar-refractivity contribution >= 4 is 16.8 Å². The van der Waals surface area contributed by atoms with E-state index >= 15 is 0 Å². The fourth-order valence-electron chi connectivity index (χ4n) is 2.34. The van der Waals surface area contributed by atoms with E-state index in [9.17, 15) is 9.59 Å². The summed E-state index contributed by atoms with van der Waals surface area (Å²) in [6.45, 7) is 2.39. The van der Waals surface area contributed by atoms with E-state index in [0.717, 1.165) is 10.2 Å². The van der Waals surface area contributed by atoms with Crippen LogP contribution >= 0.6 is 0 Å². The zero-order chi connectivity index (χ0) is 17.6. The number of fused-ring (bicyclic) bond motifs is 1. The average molecular weight is 339 g/mol. The van der Waals surface area contributed by atoms with Crippen LogP contribution < -0.4 is 15.6 Å². The molecule has 3 rings (SSSR count). The third-order valence-corrected chi connectivity index (χ3v) is 3.53. The maximum Gasteiger partial charge on any atom is 0.278 e. The lowest BCUT2D eigenvalue weighted by molar-refractivity contribution is -0.122. The number of benzene rings is 1. The summed E-state index contributed by atoms with van der Waals surface area (Å²) in [5.41, 5.74) is 0.910. The maximum atomic E-state index is 12.3. The molecule has 2 heterocycles. The monoisotopic (exact) mass is 339 g/mol. The van der Waals surface area contributed by atoms with Crippen LogP contribution in [0.1, 0.15) is 12.5 Å². The van der Waals surface area contributed by atoms with Gasteiger partial charge in [0.25, 0.3) is 5.56 Å². The summed E-state index contributed by atoms with van der Waals surface area (Å²) < 4.78 is 6.46. The first kappa shape index (κ1) is 16.6. The molecule has 1 amide bonds. The van der Waals surface area contributed by atoms with Crippen molar-refractivity contribution in [1.29, 1.82) is 0 Å². The van der Waals surface area contributed by atoms with Gasteiger partial charge in [0.1, 0.15) is 12.1 Å². The first-order valence-corrected chi connectivity index (χ1v) is 7.85. The number of carbonyl (C=O) groups is 1. The average Bonchev–Trinajstić information content (AvgIpc) is 2.64. The second-order valence-electron chi connectivity index (χ2n) is 5.25. The van der Waals surface area contributed by atoms with Crippen molar-refractivity contribution in [3.63, 3.8) is 0 Å². The van der Waals surface area contributed by atoms with Crippen LogP contribution in [0.15, 0.2) is 47.4 Å². The van der Waals surface area contributed by atoms with Gasteiger partial charge in [-0.25, -0.2) is 9.67 Å². The fraction of sp³-hybridized carbons (Fsp3) is 0.235. The highest BCUT2D eigenvalue weighted by atomic mass is 16.5. The molecule has 0 spiro atoms. The minimum Gasteiger partial charge on any atom is -0.478 e. The predicted octanol–water partition coefficient (Wildman–Crippen LogP) is 0.902. The normalized spacial score (nSPS) is 10.6. The summed E-state index contributed by atoms with van der Waals surface area (Å²) in [6.07, 6.45) is 1.63. The van der Waals surface area contributed by atoms with Gasteiger partial charge >= 0.3 is 0 Å². The third-order valence-electron chi connectivity index (χ3n) is 3.53. The molecular weight excluding hydrogens is 322 g/mol. The Kier molecular flexibility index (Phi) is 4.98. The lowest BCUT2D eigenvalue weighted by Crippen LogP contribution is -2.34. The van der Waals surface area contributed by atoms with E-state index in [-0.39, 0.29) is 24.6 Å². The lowest BCUT2D eigenvalue weighted by atomic mass is 10.2. The van der Waals surface area contributed by atoms with Crippen LogP contribution in [0.3, 0.4) is 0 Å². The molecular formula is C17H17N5O3. The first-order chi connectivity index (χ1) is 12.2. The van der Waals surface area contributed by atoms with E-state index in [2.05, 4.69) is 20.6 Å². The van der Waals surface area contributed by atoms with Crippen molar-refractivity contribution in [2.75, 3.05) is 6.61 Å². The van der Waals surface area contributed by atoms with Crippen LogP contribution in [-0.2, 0) is 17.9 Å². The van der Waals surface area contributed by atoms with Crippen molar-refractivity contribution in [2.45, 2.75) is 20.0 Å². The molecule has 1 aromatic carbocycles. The Morgan fingerprint density at radius 3 is 2.92 bits per heavy atom. The molecule has 3 aromatic rings. The Morgan fingerprint density at radius 1 is 1.24 bits per heavy atom. The zero-order valence-electron chi connectivity index (χ0n) is 13.7. The number of pyridine rings is 1. The smallest absolute Gasteiger partial charge is 0.278 e.